The number of nitrogens with zero attached hydrogens (tertiary/aromatic N) is 4. The monoisotopic (exact) mass is 634 g/mol. The van der Waals surface area contributed by atoms with Gasteiger partial charge in [-0.05, 0) is 71.1 Å². The molecule has 9 rings (SSSR count). The van der Waals surface area contributed by atoms with Gasteiger partial charge in [0.2, 0.25) is 0 Å². The van der Waals surface area contributed by atoms with Crippen LogP contribution in [0.5, 0.6) is 0 Å². The normalized spacial score (nSPS) is 14.2. The van der Waals surface area contributed by atoms with Gasteiger partial charge >= 0.3 is 0 Å². The minimum atomic E-state index is 0.320. The molecule has 1 atom stereocenters. The highest BCUT2D eigenvalue weighted by Crippen LogP contribution is 2.48. The number of pyridine rings is 4. The first kappa shape index (κ1) is 28.4. The topological polar surface area (TPSA) is 51.6 Å². The summed E-state index contributed by atoms with van der Waals surface area (Å²) >= 11 is 1.85. The maximum Gasteiger partial charge on any atom is 0.0900 e. The van der Waals surface area contributed by atoms with Gasteiger partial charge in [-0.1, -0.05) is 97.9 Å². The molecule has 5 heterocycles. The van der Waals surface area contributed by atoms with E-state index in [9.17, 15) is 0 Å². The number of fused-ring (bicyclic) bond motifs is 5. The lowest BCUT2D eigenvalue weighted by Gasteiger charge is -2.25. The van der Waals surface area contributed by atoms with Gasteiger partial charge in [0.1, 0.15) is 0 Å². The highest BCUT2D eigenvalue weighted by Gasteiger charge is 2.28. The first-order valence-electron chi connectivity index (χ1n) is 16.3. The van der Waals surface area contributed by atoms with Gasteiger partial charge in [-0.25, -0.2) is 4.98 Å². The zero-order chi connectivity index (χ0) is 32.0. The molecule has 0 fully saturated rings. The van der Waals surface area contributed by atoms with E-state index in [1.54, 1.807) is 12.4 Å². The summed E-state index contributed by atoms with van der Waals surface area (Å²) in [5.74, 6) is 0.320. The van der Waals surface area contributed by atoms with Gasteiger partial charge in [-0.3, -0.25) is 15.0 Å². The zero-order valence-electron chi connectivity index (χ0n) is 26.3. The van der Waals surface area contributed by atoms with Gasteiger partial charge in [0.25, 0.3) is 0 Å². The van der Waals surface area contributed by atoms with Gasteiger partial charge < -0.3 is 0 Å². The van der Waals surface area contributed by atoms with Crippen LogP contribution >= 0.6 is 11.3 Å². The molecule has 5 heteroatoms. The summed E-state index contributed by atoms with van der Waals surface area (Å²) in [6.45, 7) is 2.30. The average Bonchev–Trinajstić information content (AvgIpc) is 3.56. The lowest BCUT2D eigenvalue weighted by atomic mass is 9.82. The summed E-state index contributed by atoms with van der Waals surface area (Å²) in [6, 6.07) is 44.5. The van der Waals surface area contributed by atoms with E-state index < -0.39 is 0 Å². The molecule has 0 radical (unpaired) electrons. The van der Waals surface area contributed by atoms with E-state index in [0.717, 1.165) is 51.6 Å². The predicted octanol–water partition coefficient (Wildman–Crippen LogP) is 11.2. The molecular weight excluding hydrogens is 605 g/mol. The van der Waals surface area contributed by atoms with Gasteiger partial charge in [-0.2, -0.15) is 0 Å². The fraction of sp³-hybridized carbons (Fsp3) is 0.0698. The molecule has 5 aromatic heterocycles. The third-order valence-electron chi connectivity index (χ3n) is 9.22. The van der Waals surface area contributed by atoms with Crippen LogP contribution in [0.25, 0.3) is 70.9 Å². The lowest BCUT2D eigenvalue weighted by Crippen LogP contribution is -2.09. The molecular formula is C43H30N4S. The maximum absolute atomic E-state index is 5.46. The Morgan fingerprint density at radius 1 is 0.583 bits per heavy atom. The minimum absolute atomic E-state index is 0.320. The predicted molar refractivity (Wildman–Crippen MR) is 199 cm³/mol. The van der Waals surface area contributed by atoms with E-state index in [-0.39, 0.29) is 0 Å². The van der Waals surface area contributed by atoms with E-state index in [1.807, 2.05) is 47.7 Å². The first-order chi connectivity index (χ1) is 23.7. The van der Waals surface area contributed by atoms with Crippen LogP contribution in [-0.2, 0) is 0 Å². The first-order valence-corrected chi connectivity index (χ1v) is 17.1. The van der Waals surface area contributed by atoms with Crippen molar-refractivity contribution in [3.8, 4) is 45.2 Å². The van der Waals surface area contributed by atoms with Crippen molar-refractivity contribution >= 4 is 37.1 Å². The van der Waals surface area contributed by atoms with Crippen molar-refractivity contribution in [1.29, 1.82) is 0 Å². The van der Waals surface area contributed by atoms with E-state index in [4.69, 9.17) is 9.97 Å². The molecule has 0 aliphatic heterocycles. The van der Waals surface area contributed by atoms with Crippen molar-refractivity contribution in [3.63, 3.8) is 0 Å². The Hall–Kier alpha value is -5.78. The summed E-state index contributed by atoms with van der Waals surface area (Å²) in [6.07, 6.45) is 6.98. The van der Waals surface area contributed by atoms with Crippen molar-refractivity contribution < 1.29 is 0 Å². The van der Waals surface area contributed by atoms with Crippen molar-refractivity contribution in [2.75, 3.05) is 0 Å². The van der Waals surface area contributed by atoms with Gasteiger partial charge in [0.05, 0.1) is 38.9 Å². The van der Waals surface area contributed by atoms with Crippen LogP contribution in [-0.4, -0.2) is 19.9 Å². The van der Waals surface area contributed by atoms with Crippen LogP contribution < -0.4 is 0 Å². The molecule has 228 valence electrons. The standard InChI is InChI=1S/C43H30N4S/c1-27-17-22-32(39-40-33-13-5-6-16-38(33)48-43(40)42(47-41(27)39)30-11-3-2-4-12-30)29-20-18-28(19-21-29)31-25-36(34-14-7-9-23-44-34)46-37(26-31)35-15-8-10-24-45-35/h2-16,18-27H,17H2,1H3. The molecule has 1 aliphatic carbocycles. The lowest BCUT2D eigenvalue weighted by molar-refractivity contribution is 0.741. The largest absolute Gasteiger partial charge is 0.255 e. The molecule has 4 nitrogen and oxygen atoms in total. The molecule has 3 aromatic carbocycles. The molecule has 0 saturated carbocycles. The smallest absolute Gasteiger partial charge is 0.0900 e. The zero-order valence-corrected chi connectivity index (χ0v) is 27.2. The molecule has 0 bridgehead atoms. The molecule has 0 amide bonds. The van der Waals surface area contributed by atoms with Crippen molar-refractivity contribution in [3.05, 3.63) is 163 Å². The summed E-state index contributed by atoms with van der Waals surface area (Å²) < 4.78 is 2.54. The number of allylic oxidation sites excluding steroid dienone is 1. The number of hydrogen-bond acceptors (Lipinski definition) is 5. The fourth-order valence-corrected chi connectivity index (χ4v) is 8.06. The molecule has 8 aromatic rings. The maximum atomic E-state index is 5.46. The van der Waals surface area contributed by atoms with Crippen molar-refractivity contribution in [2.24, 2.45) is 0 Å². The van der Waals surface area contributed by atoms with E-state index >= 15 is 0 Å². The summed E-state index contributed by atoms with van der Waals surface area (Å²) in [7, 11) is 0. The summed E-state index contributed by atoms with van der Waals surface area (Å²) in [4.78, 5) is 19.6. The second-order valence-corrected chi connectivity index (χ2v) is 13.3. The second-order valence-electron chi connectivity index (χ2n) is 12.3. The number of thiophene rings is 1. The van der Waals surface area contributed by atoms with Crippen LogP contribution in [0.4, 0.5) is 0 Å². The van der Waals surface area contributed by atoms with Gasteiger partial charge in [-0.15, -0.1) is 11.3 Å². The number of hydrogen-bond donors (Lipinski definition) is 0. The van der Waals surface area contributed by atoms with Gasteiger partial charge in [0, 0.05) is 44.9 Å². The second kappa shape index (κ2) is 11.8. The van der Waals surface area contributed by atoms with Gasteiger partial charge in [0.15, 0.2) is 0 Å². The SMILES string of the molecule is CC1CC=C(c2ccc(-c3cc(-c4ccccn4)nc(-c4ccccn4)c3)cc2)c2c1nc(-c1ccccc1)c1sc3ccccc3c21. The van der Waals surface area contributed by atoms with Crippen molar-refractivity contribution in [1.82, 2.24) is 19.9 Å². The Labute approximate surface area is 283 Å². The third-order valence-corrected chi connectivity index (χ3v) is 10.4. The molecule has 1 aliphatic rings. The minimum Gasteiger partial charge on any atom is -0.255 e. The highest BCUT2D eigenvalue weighted by atomic mass is 32.1. The molecule has 0 saturated heterocycles. The molecule has 1 unspecified atom stereocenters. The Kier molecular flexibility index (Phi) is 6.98. The Morgan fingerprint density at radius 3 is 1.92 bits per heavy atom. The molecule has 0 spiro atoms. The van der Waals surface area contributed by atoms with E-state index in [0.29, 0.717) is 5.92 Å². The Bertz CT molecular complexity index is 2410. The Morgan fingerprint density at radius 2 is 1.23 bits per heavy atom. The van der Waals surface area contributed by atoms with E-state index in [1.165, 1.54) is 42.6 Å². The average molecular weight is 635 g/mol. The van der Waals surface area contributed by atoms with Crippen LogP contribution in [0.3, 0.4) is 0 Å². The van der Waals surface area contributed by atoms with Crippen LogP contribution in [0.15, 0.2) is 146 Å². The number of benzene rings is 3. The fourth-order valence-electron chi connectivity index (χ4n) is 6.84. The molecule has 0 N–H and O–H groups in total. The number of rotatable bonds is 5. The highest BCUT2D eigenvalue weighted by molar-refractivity contribution is 7.26. The quantitative estimate of drug-likeness (QED) is 0.189. The number of aromatic nitrogens is 4. The summed E-state index contributed by atoms with van der Waals surface area (Å²) in [5.41, 5.74) is 12.7. The van der Waals surface area contributed by atoms with Crippen LogP contribution in [0, 0.1) is 0 Å². The molecule has 48 heavy (non-hydrogen) atoms. The Balaban J connectivity index is 1.19. The summed E-state index contributed by atoms with van der Waals surface area (Å²) in [5, 5.41) is 2.61. The third kappa shape index (κ3) is 4.91. The van der Waals surface area contributed by atoms with E-state index in [2.05, 4.69) is 114 Å². The van der Waals surface area contributed by atoms with Crippen LogP contribution in [0.2, 0.25) is 0 Å². The van der Waals surface area contributed by atoms with Crippen LogP contribution in [0.1, 0.15) is 36.1 Å². The van der Waals surface area contributed by atoms with Crippen molar-refractivity contribution in [2.45, 2.75) is 19.3 Å².